The second-order valence-corrected chi connectivity index (χ2v) is 4.78. The Hall–Kier alpha value is -2.94. The lowest BCUT2D eigenvalue weighted by Gasteiger charge is -1.99. The minimum Gasteiger partial charge on any atom is -0.435 e. The molecule has 0 fully saturated rings. The van der Waals surface area contributed by atoms with Gasteiger partial charge in [0.05, 0.1) is 11.7 Å². The molecule has 2 heterocycles. The van der Waals surface area contributed by atoms with Gasteiger partial charge in [-0.05, 0) is 12.1 Å². The number of nitrogens with zero attached hydrogens (tertiary/aromatic N) is 2. The molecule has 100 valence electrons. The van der Waals surface area contributed by atoms with E-state index in [-0.39, 0.29) is 0 Å². The van der Waals surface area contributed by atoms with Gasteiger partial charge in [-0.15, -0.1) is 0 Å². The summed E-state index contributed by atoms with van der Waals surface area (Å²) in [6, 6.07) is 21.9. The van der Waals surface area contributed by atoms with Crippen molar-refractivity contribution in [1.82, 2.24) is 9.97 Å². The van der Waals surface area contributed by atoms with Crippen LogP contribution in [-0.4, -0.2) is 9.97 Å². The predicted octanol–water partition coefficient (Wildman–Crippen LogP) is 4.56. The summed E-state index contributed by atoms with van der Waals surface area (Å²) in [7, 11) is 0. The first kappa shape index (κ1) is 11.9. The van der Waals surface area contributed by atoms with Gasteiger partial charge >= 0.3 is 0 Å². The average molecular weight is 272 g/mol. The molecule has 0 aliphatic rings. The number of benzene rings is 2. The maximum atomic E-state index is 5.83. The second kappa shape index (κ2) is 4.87. The summed E-state index contributed by atoms with van der Waals surface area (Å²) < 4.78 is 5.83. The molecule has 0 bridgehead atoms. The van der Waals surface area contributed by atoms with E-state index in [0.29, 0.717) is 5.89 Å². The Labute approximate surface area is 121 Å². The SMILES string of the molecule is c1ccc(-c2cnc(-c3ccc4ccccc4n3)o2)cc1. The first-order valence-corrected chi connectivity index (χ1v) is 6.77. The van der Waals surface area contributed by atoms with Crippen LogP contribution in [0.25, 0.3) is 33.8 Å². The molecule has 0 saturated carbocycles. The summed E-state index contributed by atoms with van der Waals surface area (Å²) in [4.78, 5) is 8.94. The standard InChI is InChI=1S/C18H12N2O/c1-2-7-14(8-3-1)17-12-19-18(21-17)16-11-10-13-6-4-5-9-15(13)20-16/h1-12H. The van der Waals surface area contributed by atoms with Gasteiger partial charge in [-0.3, -0.25) is 0 Å². The molecule has 21 heavy (non-hydrogen) atoms. The van der Waals surface area contributed by atoms with E-state index in [9.17, 15) is 0 Å². The zero-order valence-electron chi connectivity index (χ0n) is 11.2. The quantitative estimate of drug-likeness (QED) is 0.537. The van der Waals surface area contributed by atoms with E-state index >= 15 is 0 Å². The highest BCUT2D eigenvalue weighted by Crippen LogP contribution is 2.25. The van der Waals surface area contributed by atoms with Gasteiger partial charge in [-0.2, -0.15) is 0 Å². The fourth-order valence-electron chi connectivity index (χ4n) is 2.31. The van der Waals surface area contributed by atoms with E-state index in [1.165, 1.54) is 0 Å². The summed E-state index contributed by atoms with van der Waals surface area (Å²) in [6.07, 6.45) is 1.74. The minimum atomic E-state index is 0.541. The van der Waals surface area contributed by atoms with Gasteiger partial charge in [-0.25, -0.2) is 9.97 Å². The molecule has 0 saturated heterocycles. The van der Waals surface area contributed by atoms with Gasteiger partial charge in [0, 0.05) is 10.9 Å². The first-order chi connectivity index (χ1) is 10.4. The van der Waals surface area contributed by atoms with Gasteiger partial charge in [-0.1, -0.05) is 54.6 Å². The second-order valence-electron chi connectivity index (χ2n) is 4.78. The Kier molecular flexibility index (Phi) is 2.75. The number of pyridine rings is 1. The van der Waals surface area contributed by atoms with E-state index < -0.39 is 0 Å². The summed E-state index contributed by atoms with van der Waals surface area (Å²) in [5.74, 6) is 1.29. The van der Waals surface area contributed by atoms with E-state index in [4.69, 9.17) is 4.42 Å². The number of rotatable bonds is 2. The largest absolute Gasteiger partial charge is 0.435 e. The molecule has 0 radical (unpaired) electrons. The highest BCUT2D eigenvalue weighted by molar-refractivity contribution is 5.80. The normalized spacial score (nSPS) is 10.9. The van der Waals surface area contributed by atoms with Gasteiger partial charge < -0.3 is 4.42 Å². The fraction of sp³-hybridized carbons (Fsp3) is 0. The molecule has 0 spiro atoms. The van der Waals surface area contributed by atoms with E-state index in [1.54, 1.807) is 6.20 Å². The van der Waals surface area contributed by atoms with Crippen molar-refractivity contribution in [3.8, 4) is 22.9 Å². The van der Waals surface area contributed by atoms with Gasteiger partial charge in [0.15, 0.2) is 5.76 Å². The Morgan fingerprint density at radius 1 is 0.762 bits per heavy atom. The molecular weight excluding hydrogens is 260 g/mol. The lowest BCUT2D eigenvalue weighted by molar-refractivity contribution is 0.586. The third-order valence-corrected chi connectivity index (χ3v) is 3.38. The molecule has 3 heteroatoms. The van der Waals surface area contributed by atoms with E-state index in [2.05, 4.69) is 9.97 Å². The topological polar surface area (TPSA) is 38.9 Å². The fourth-order valence-corrected chi connectivity index (χ4v) is 2.31. The molecule has 4 rings (SSSR count). The molecule has 0 aliphatic carbocycles. The molecule has 0 atom stereocenters. The third-order valence-electron chi connectivity index (χ3n) is 3.38. The Morgan fingerprint density at radius 2 is 1.57 bits per heavy atom. The predicted molar refractivity (Wildman–Crippen MR) is 82.7 cm³/mol. The van der Waals surface area contributed by atoms with Crippen LogP contribution in [0, 0.1) is 0 Å². The first-order valence-electron chi connectivity index (χ1n) is 6.77. The molecular formula is C18H12N2O. The van der Waals surface area contributed by atoms with Crippen molar-refractivity contribution in [1.29, 1.82) is 0 Å². The molecule has 0 amide bonds. The van der Waals surface area contributed by atoms with Gasteiger partial charge in [0.25, 0.3) is 0 Å². The van der Waals surface area contributed by atoms with Crippen LogP contribution >= 0.6 is 0 Å². The van der Waals surface area contributed by atoms with Crippen molar-refractivity contribution < 1.29 is 4.42 Å². The van der Waals surface area contributed by atoms with Gasteiger partial charge in [0.1, 0.15) is 5.69 Å². The number of para-hydroxylation sites is 1. The van der Waals surface area contributed by atoms with E-state index in [1.807, 2.05) is 66.7 Å². The molecule has 2 aromatic carbocycles. The van der Waals surface area contributed by atoms with Crippen LogP contribution in [0.4, 0.5) is 0 Å². The summed E-state index contributed by atoms with van der Waals surface area (Å²) in [6.45, 7) is 0. The highest BCUT2D eigenvalue weighted by Gasteiger charge is 2.09. The number of aromatic nitrogens is 2. The van der Waals surface area contributed by atoms with Crippen molar-refractivity contribution in [3.05, 3.63) is 72.9 Å². The number of fused-ring (bicyclic) bond motifs is 1. The monoisotopic (exact) mass is 272 g/mol. The minimum absolute atomic E-state index is 0.541. The van der Waals surface area contributed by atoms with Crippen LogP contribution < -0.4 is 0 Å². The maximum Gasteiger partial charge on any atom is 0.245 e. The van der Waals surface area contributed by atoms with Crippen molar-refractivity contribution >= 4 is 10.9 Å². The molecule has 2 aromatic heterocycles. The molecule has 3 nitrogen and oxygen atoms in total. The van der Waals surface area contributed by atoms with Crippen LogP contribution in [0.2, 0.25) is 0 Å². The molecule has 0 unspecified atom stereocenters. The Morgan fingerprint density at radius 3 is 2.48 bits per heavy atom. The van der Waals surface area contributed by atoms with Crippen LogP contribution in [0.1, 0.15) is 0 Å². The average Bonchev–Trinajstić information content (AvgIpc) is 3.05. The molecule has 4 aromatic rings. The summed E-state index contributed by atoms with van der Waals surface area (Å²) in [5.41, 5.74) is 2.70. The molecule has 0 N–H and O–H groups in total. The van der Waals surface area contributed by atoms with Crippen LogP contribution in [-0.2, 0) is 0 Å². The Balaban J connectivity index is 1.77. The van der Waals surface area contributed by atoms with Gasteiger partial charge in [0.2, 0.25) is 5.89 Å². The lowest BCUT2D eigenvalue weighted by Crippen LogP contribution is -1.84. The summed E-state index contributed by atoms with van der Waals surface area (Å²) >= 11 is 0. The Bertz CT molecular complexity index is 897. The summed E-state index contributed by atoms with van der Waals surface area (Å²) in [5, 5.41) is 1.11. The third kappa shape index (κ3) is 2.19. The number of oxazole rings is 1. The van der Waals surface area contributed by atoms with Crippen molar-refractivity contribution in [2.24, 2.45) is 0 Å². The van der Waals surface area contributed by atoms with Crippen molar-refractivity contribution in [2.75, 3.05) is 0 Å². The number of hydrogen-bond acceptors (Lipinski definition) is 3. The van der Waals surface area contributed by atoms with Crippen molar-refractivity contribution in [3.63, 3.8) is 0 Å². The lowest BCUT2D eigenvalue weighted by atomic mass is 10.2. The highest BCUT2D eigenvalue weighted by atomic mass is 16.4. The number of hydrogen-bond donors (Lipinski definition) is 0. The zero-order chi connectivity index (χ0) is 14.1. The van der Waals surface area contributed by atoms with Crippen molar-refractivity contribution in [2.45, 2.75) is 0 Å². The smallest absolute Gasteiger partial charge is 0.245 e. The maximum absolute atomic E-state index is 5.83. The molecule has 0 aliphatic heterocycles. The van der Waals surface area contributed by atoms with Crippen LogP contribution in [0.5, 0.6) is 0 Å². The zero-order valence-corrected chi connectivity index (χ0v) is 11.2. The van der Waals surface area contributed by atoms with E-state index in [0.717, 1.165) is 27.9 Å². The van der Waals surface area contributed by atoms with Crippen LogP contribution in [0.15, 0.2) is 77.3 Å². The van der Waals surface area contributed by atoms with Crippen LogP contribution in [0.3, 0.4) is 0 Å².